The summed E-state index contributed by atoms with van der Waals surface area (Å²) in [5.41, 5.74) is 0.449. The SMILES string of the molecule is O=C(C=Cc1cccc([N+](=O)[O-])c1)Nc1nnc(-c2ccc(Br)o2)o1. The first-order valence-electron chi connectivity index (χ1n) is 6.84. The minimum atomic E-state index is -0.526. The molecule has 1 N–H and O–H groups in total. The summed E-state index contributed by atoms with van der Waals surface area (Å²) in [5, 5.41) is 20.6. The highest BCUT2D eigenvalue weighted by molar-refractivity contribution is 9.10. The van der Waals surface area contributed by atoms with Crippen LogP contribution in [0.25, 0.3) is 17.7 Å². The number of hydrogen-bond donors (Lipinski definition) is 1. The Bertz CT molecular complexity index is 962. The number of hydrogen-bond acceptors (Lipinski definition) is 7. The predicted molar refractivity (Wildman–Crippen MR) is 90.5 cm³/mol. The molecular weight excluding hydrogens is 396 g/mol. The summed E-state index contributed by atoms with van der Waals surface area (Å²) in [7, 11) is 0. The van der Waals surface area contributed by atoms with Gasteiger partial charge in [0.15, 0.2) is 10.4 Å². The van der Waals surface area contributed by atoms with Gasteiger partial charge in [-0.3, -0.25) is 20.2 Å². The van der Waals surface area contributed by atoms with Crippen LogP contribution < -0.4 is 5.32 Å². The molecule has 0 atom stereocenters. The molecule has 0 aliphatic carbocycles. The molecule has 9 nitrogen and oxygen atoms in total. The van der Waals surface area contributed by atoms with E-state index in [-0.39, 0.29) is 17.6 Å². The van der Waals surface area contributed by atoms with Crippen molar-refractivity contribution in [2.75, 3.05) is 5.32 Å². The third-order valence-corrected chi connectivity index (χ3v) is 3.37. The Morgan fingerprint density at radius 2 is 2.08 bits per heavy atom. The predicted octanol–water partition coefficient (Wildman–Crippen LogP) is 3.65. The molecule has 10 heteroatoms. The van der Waals surface area contributed by atoms with Crippen LogP contribution in [0.3, 0.4) is 0 Å². The Hall–Kier alpha value is -3.27. The van der Waals surface area contributed by atoms with Gasteiger partial charge in [0.2, 0.25) is 0 Å². The largest absolute Gasteiger partial charge is 0.444 e. The molecule has 0 unspecified atom stereocenters. The van der Waals surface area contributed by atoms with E-state index in [2.05, 4.69) is 31.4 Å². The van der Waals surface area contributed by atoms with Crippen LogP contribution in [0.4, 0.5) is 11.7 Å². The highest BCUT2D eigenvalue weighted by atomic mass is 79.9. The first kappa shape index (κ1) is 16.6. The van der Waals surface area contributed by atoms with Crippen molar-refractivity contribution < 1.29 is 18.6 Å². The van der Waals surface area contributed by atoms with E-state index < -0.39 is 10.8 Å². The standard InChI is InChI=1S/C15H9BrN4O5/c16-12-6-5-11(24-12)14-18-19-15(25-14)17-13(21)7-4-9-2-1-3-10(8-9)20(22)23/h1-8H,(H,17,19,21). The number of aromatic nitrogens is 2. The van der Waals surface area contributed by atoms with E-state index in [4.69, 9.17) is 8.83 Å². The molecule has 25 heavy (non-hydrogen) atoms. The second-order valence-electron chi connectivity index (χ2n) is 4.69. The van der Waals surface area contributed by atoms with Crippen LogP contribution in [-0.4, -0.2) is 21.0 Å². The molecule has 0 bridgehead atoms. The van der Waals surface area contributed by atoms with Crippen molar-refractivity contribution in [2.45, 2.75) is 0 Å². The third-order valence-electron chi connectivity index (χ3n) is 2.95. The Kier molecular flexibility index (Phi) is 4.70. The van der Waals surface area contributed by atoms with E-state index in [0.29, 0.717) is 16.0 Å². The lowest BCUT2D eigenvalue weighted by molar-refractivity contribution is -0.384. The topological polar surface area (TPSA) is 124 Å². The molecule has 1 aromatic carbocycles. The Balaban J connectivity index is 1.66. The van der Waals surface area contributed by atoms with Gasteiger partial charge in [0.05, 0.1) is 4.92 Å². The molecule has 0 saturated carbocycles. The van der Waals surface area contributed by atoms with Crippen molar-refractivity contribution in [1.29, 1.82) is 0 Å². The van der Waals surface area contributed by atoms with Gasteiger partial charge in [-0.2, -0.15) is 0 Å². The van der Waals surface area contributed by atoms with Gasteiger partial charge in [-0.25, -0.2) is 0 Å². The molecule has 1 amide bonds. The number of benzene rings is 1. The highest BCUT2D eigenvalue weighted by Crippen LogP contribution is 2.24. The lowest BCUT2D eigenvalue weighted by atomic mass is 10.2. The smallest absolute Gasteiger partial charge is 0.322 e. The molecule has 0 saturated heterocycles. The molecule has 0 aliphatic rings. The molecule has 3 rings (SSSR count). The van der Waals surface area contributed by atoms with Crippen molar-refractivity contribution >= 4 is 39.6 Å². The summed E-state index contributed by atoms with van der Waals surface area (Å²) in [6.07, 6.45) is 2.63. The van der Waals surface area contributed by atoms with Crippen LogP contribution in [0.1, 0.15) is 5.56 Å². The lowest BCUT2D eigenvalue weighted by Gasteiger charge is -1.95. The fourth-order valence-corrected chi connectivity index (χ4v) is 2.17. The molecule has 3 aromatic rings. The number of amides is 1. The normalized spacial score (nSPS) is 10.9. The molecule has 0 radical (unpaired) electrons. The van der Waals surface area contributed by atoms with E-state index in [9.17, 15) is 14.9 Å². The fourth-order valence-electron chi connectivity index (χ4n) is 1.86. The van der Waals surface area contributed by atoms with Gasteiger partial charge in [0.25, 0.3) is 17.5 Å². The van der Waals surface area contributed by atoms with E-state index in [0.717, 1.165) is 0 Å². The first-order chi connectivity index (χ1) is 12.0. The number of nitrogens with zero attached hydrogens (tertiary/aromatic N) is 3. The van der Waals surface area contributed by atoms with Crippen molar-refractivity contribution in [3.63, 3.8) is 0 Å². The summed E-state index contributed by atoms with van der Waals surface area (Å²) < 4.78 is 11.0. The Morgan fingerprint density at radius 3 is 2.80 bits per heavy atom. The third kappa shape index (κ3) is 4.18. The van der Waals surface area contributed by atoms with Gasteiger partial charge in [0, 0.05) is 18.2 Å². The maximum atomic E-state index is 11.9. The van der Waals surface area contributed by atoms with Crippen LogP contribution in [-0.2, 0) is 4.79 Å². The summed E-state index contributed by atoms with van der Waals surface area (Å²) in [5.74, 6) is -0.0574. The zero-order chi connectivity index (χ0) is 17.8. The van der Waals surface area contributed by atoms with Gasteiger partial charge < -0.3 is 8.83 Å². The van der Waals surface area contributed by atoms with E-state index >= 15 is 0 Å². The Morgan fingerprint density at radius 1 is 1.24 bits per heavy atom. The molecule has 2 aromatic heterocycles. The maximum Gasteiger partial charge on any atom is 0.322 e. The number of rotatable bonds is 5. The van der Waals surface area contributed by atoms with E-state index in [1.54, 1.807) is 18.2 Å². The van der Waals surface area contributed by atoms with Crippen LogP contribution in [0.15, 0.2) is 56.0 Å². The molecule has 0 spiro atoms. The average Bonchev–Trinajstić information content (AvgIpc) is 3.22. The van der Waals surface area contributed by atoms with E-state index in [1.165, 1.54) is 30.4 Å². The number of non-ortho nitro benzene ring substituents is 1. The lowest BCUT2D eigenvalue weighted by Crippen LogP contribution is -2.07. The van der Waals surface area contributed by atoms with Crippen molar-refractivity contribution in [3.05, 3.63) is 62.8 Å². The average molecular weight is 405 g/mol. The van der Waals surface area contributed by atoms with Crippen molar-refractivity contribution in [2.24, 2.45) is 0 Å². The van der Waals surface area contributed by atoms with Crippen LogP contribution in [0.5, 0.6) is 0 Å². The number of nitro benzene ring substituents is 1. The summed E-state index contributed by atoms with van der Waals surface area (Å²) in [6.45, 7) is 0. The number of anilines is 1. The number of carbonyl (C=O) groups is 1. The fraction of sp³-hybridized carbons (Fsp3) is 0. The number of halogens is 1. The summed E-state index contributed by atoms with van der Waals surface area (Å²) >= 11 is 3.16. The van der Waals surface area contributed by atoms with Crippen LogP contribution in [0.2, 0.25) is 0 Å². The number of furan rings is 1. The van der Waals surface area contributed by atoms with Gasteiger partial charge >= 0.3 is 6.01 Å². The molecule has 126 valence electrons. The van der Waals surface area contributed by atoms with Gasteiger partial charge in [0.1, 0.15) is 0 Å². The molecule has 0 aliphatic heterocycles. The van der Waals surface area contributed by atoms with Gasteiger partial charge in [-0.1, -0.05) is 17.2 Å². The number of carbonyl (C=O) groups excluding carboxylic acids is 1. The zero-order valence-corrected chi connectivity index (χ0v) is 14.0. The van der Waals surface area contributed by atoms with Crippen molar-refractivity contribution in [1.82, 2.24) is 10.2 Å². The Labute approximate surface area is 148 Å². The molecule has 2 heterocycles. The first-order valence-corrected chi connectivity index (χ1v) is 7.63. The number of nitrogens with one attached hydrogen (secondary N) is 1. The minimum Gasteiger partial charge on any atom is -0.444 e. The van der Waals surface area contributed by atoms with Crippen molar-refractivity contribution in [3.8, 4) is 11.7 Å². The monoisotopic (exact) mass is 404 g/mol. The second-order valence-corrected chi connectivity index (χ2v) is 5.47. The van der Waals surface area contributed by atoms with Gasteiger partial charge in [-0.05, 0) is 39.7 Å². The molecular formula is C15H9BrN4O5. The maximum absolute atomic E-state index is 11.9. The van der Waals surface area contributed by atoms with E-state index in [1.807, 2.05) is 0 Å². The summed E-state index contributed by atoms with van der Waals surface area (Å²) in [6, 6.07) is 9.08. The van der Waals surface area contributed by atoms with Crippen LogP contribution >= 0.6 is 15.9 Å². The zero-order valence-electron chi connectivity index (χ0n) is 12.4. The minimum absolute atomic E-state index is 0.0614. The second kappa shape index (κ2) is 7.09. The molecule has 0 fully saturated rings. The highest BCUT2D eigenvalue weighted by Gasteiger charge is 2.13. The number of nitro groups is 1. The van der Waals surface area contributed by atoms with Crippen LogP contribution in [0, 0.1) is 10.1 Å². The summed E-state index contributed by atoms with van der Waals surface area (Å²) in [4.78, 5) is 22.1. The van der Waals surface area contributed by atoms with Gasteiger partial charge in [-0.15, -0.1) is 5.10 Å². The quantitative estimate of drug-likeness (QED) is 0.390.